The van der Waals surface area contributed by atoms with Crippen molar-refractivity contribution in [3.63, 3.8) is 0 Å². The molecule has 9 heavy (non-hydrogen) atoms. The highest BCUT2D eigenvalue weighted by atomic mass is 32.2. The molecule has 0 radical (unpaired) electrons. The molecule has 4 N–H and O–H groups in total. The molecule has 0 unspecified atom stereocenters. The summed E-state index contributed by atoms with van der Waals surface area (Å²) >= 11 is 0. The number of hydrogen-bond donors (Lipinski definition) is 2. The Morgan fingerprint density at radius 1 is 1.44 bits per heavy atom. The maximum absolute atomic E-state index is 9.92. The Bertz CT molecular complexity index is 213. The van der Waals surface area contributed by atoms with Gasteiger partial charge in [0.25, 0.3) is 0 Å². The third kappa shape index (κ3) is 6.98. The monoisotopic (exact) mass is 151 g/mol. The lowest BCUT2D eigenvalue weighted by atomic mass is 11.4. The second-order valence-corrected chi connectivity index (χ2v) is 2.17. The fraction of sp³-hybridized carbons (Fsp3) is 0. The third-order valence-corrected chi connectivity index (χ3v) is 0.601. The Morgan fingerprint density at radius 2 is 2.00 bits per heavy atom. The summed E-state index contributed by atoms with van der Waals surface area (Å²) in [6.07, 6.45) is 0.754. The summed E-state index contributed by atoms with van der Waals surface area (Å²) in [6, 6.07) is 0. The van der Waals surface area contributed by atoms with Gasteiger partial charge in [0.05, 0.1) is 0 Å². The van der Waals surface area contributed by atoms with Crippen molar-refractivity contribution in [2.24, 2.45) is 25.7 Å². The molecule has 0 aromatic carbocycles. The van der Waals surface area contributed by atoms with Gasteiger partial charge in [-0.15, -0.1) is 5.11 Å². The van der Waals surface area contributed by atoms with Crippen LogP contribution in [0.2, 0.25) is 0 Å². The fourth-order valence-corrected chi connectivity index (χ4v) is 0.290. The largest absolute Gasteiger partial charge is 0.334 e. The highest BCUT2D eigenvalue weighted by Gasteiger charge is 1.92. The molecule has 0 aliphatic heterocycles. The van der Waals surface area contributed by atoms with E-state index in [1.54, 1.807) is 0 Å². The van der Waals surface area contributed by atoms with Gasteiger partial charge in [0, 0.05) is 0 Å². The Morgan fingerprint density at radius 3 is 2.33 bits per heavy atom. The Hall–Kier alpha value is -1.02. The lowest BCUT2D eigenvalue weighted by molar-refractivity contribution is 0.597. The highest BCUT2D eigenvalue weighted by molar-refractivity contribution is 7.87. The van der Waals surface area contributed by atoms with Crippen LogP contribution in [0.5, 0.6) is 0 Å². The van der Waals surface area contributed by atoms with Gasteiger partial charge in [-0.05, 0) is 4.52 Å². The number of rotatable bonds is 2. The van der Waals surface area contributed by atoms with E-state index in [-0.39, 0.29) is 0 Å². The quantitative estimate of drug-likeness (QED) is 0.165. The first-order valence-electron chi connectivity index (χ1n) is 1.73. The molecule has 0 aliphatic carbocycles. The molecule has 0 rings (SSSR count). The van der Waals surface area contributed by atoms with E-state index >= 15 is 0 Å². The second kappa shape index (κ2) is 3.10. The molecule has 0 fully saturated rings. The van der Waals surface area contributed by atoms with E-state index < -0.39 is 10.2 Å². The first-order chi connectivity index (χ1) is 4.06. The molecular weight excluding hydrogens is 146 g/mol. The fourth-order valence-electron chi connectivity index (χ4n) is 0.117. The zero-order valence-electron chi connectivity index (χ0n) is 4.30. The number of hydrazone groups is 1. The minimum atomic E-state index is -3.88. The molecule has 8 heteroatoms. The van der Waals surface area contributed by atoms with Crippen LogP contribution in [0, 0.1) is 0 Å². The molecule has 0 atom stereocenters. The second-order valence-electron chi connectivity index (χ2n) is 0.977. The van der Waals surface area contributed by atoms with Gasteiger partial charge in [-0.1, -0.05) is 0 Å². The minimum absolute atomic E-state index is 0.754. The molecule has 0 aromatic rings. The predicted molar refractivity (Wildman–Crippen MR) is 30.6 cm³/mol. The zero-order valence-corrected chi connectivity index (χ0v) is 5.11. The molecule has 0 saturated carbocycles. The van der Waals surface area contributed by atoms with Crippen molar-refractivity contribution in [3.8, 4) is 0 Å². The summed E-state index contributed by atoms with van der Waals surface area (Å²) in [5.74, 6) is 4.54. The molecule has 0 heterocycles. The summed E-state index contributed by atoms with van der Waals surface area (Å²) in [4.78, 5) is 0. The van der Waals surface area contributed by atoms with E-state index in [0.717, 1.165) is 6.34 Å². The van der Waals surface area contributed by atoms with Crippen LogP contribution in [0.3, 0.4) is 0 Å². The van der Waals surface area contributed by atoms with E-state index in [9.17, 15) is 8.42 Å². The normalized spacial score (nSPS) is 13.4. The first-order valence-corrected chi connectivity index (χ1v) is 3.23. The van der Waals surface area contributed by atoms with E-state index in [2.05, 4.69) is 25.7 Å². The molecule has 7 nitrogen and oxygen atoms in total. The number of nitrogens with two attached hydrogens (primary N) is 2. The molecule has 52 valence electrons. The average Bonchev–Trinajstić information content (AvgIpc) is 1.63. The Kier molecular flexibility index (Phi) is 2.74. The van der Waals surface area contributed by atoms with Gasteiger partial charge < -0.3 is 5.84 Å². The van der Waals surface area contributed by atoms with Crippen LogP contribution in [0.1, 0.15) is 0 Å². The molecule has 0 amide bonds. The standard InChI is InChI=1S/CH5N5O2S/c2-4-1-5-6-9(3,7)8/h1H,2H2,(H2,3,7,8). The first kappa shape index (κ1) is 7.98. The van der Waals surface area contributed by atoms with Gasteiger partial charge in [0.15, 0.2) is 6.34 Å². The van der Waals surface area contributed by atoms with Crippen molar-refractivity contribution in [2.45, 2.75) is 0 Å². The zero-order chi connectivity index (χ0) is 7.33. The van der Waals surface area contributed by atoms with Gasteiger partial charge in [0.2, 0.25) is 0 Å². The van der Waals surface area contributed by atoms with Crippen LogP contribution in [0.15, 0.2) is 14.7 Å². The maximum Gasteiger partial charge on any atom is 0.334 e. The molecule has 0 aromatic heterocycles. The topological polar surface area (TPSA) is 123 Å². The van der Waals surface area contributed by atoms with Crippen molar-refractivity contribution in [1.82, 2.24) is 0 Å². The summed E-state index contributed by atoms with van der Waals surface area (Å²) in [5, 5.41) is 10.1. The van der Waals surface area contributed by atoms with Gasteiger partial charge in [-0.2, -0.15) is 13.5 Å². The molecule has 0 saturated heterocycles. The van der Waals surface area contributed by atoms with E-state index in [4.69, 9.17) is 0 Å². The maximum atomic E-state index is 9.92. The summed E-state index contributed by atoms with van der Waals surface area (Å²) in [6.45, 7) is 0. The molecule has 0 bridgehead atoms. The molecule has 0 spiro atoms. The van der Waals surface area contributed by atoms with Gasteiger partial charge in [0.1, 0.15) is 0 Å². The van der Waals surface area contributed by atoms with E-state index in [1.807, 2.05) is 0 Å². The van der Waals surface area contributed by atoms with Crippen LogP contribution in [-0.4, -0.2) is 14.8 Å². The summed E-state index contributed by atoms with van der Waals surface area (Å²) in [7, 11) is -3.88. The summed E-state index contributed by atoms with van der Waals surface area (Å²) < 4.78 is 22.4. The van der Waals surface area contributed by atoms with Crippen LogP contribution in [-0.2, 0) is 10.2 Å². The highest BCUT2D eigenvalue weighted by Crippen LogP contribution is 1.77. The van der Waals surface area contributed by atoms with Gasteiger partial charge in [-0.25, -0.2) is 5.14 Å². The number of nitrogens with zero attached hydrogens (tertiary/aromatic N) is 3. The van der Waals surface area contributed by atoms with E-state index in [0.29, 0.717) is 0 Å². The van der Waals surface area contributed by atoms with Gasteiger partial charge in [-0.3, -0.25) is 0 Å². The van der Waals surface area contributed by atoms with Crippen LogP contribution < -0.4 is 11.0 Å². The molecule has 0 aliphatic rings. The van der Waals surface area contributed by atoms with Crippen LogP contribution in [0.4, 0.5) is 0 Å². The average molecular weight is 151 g/mol. The van der Waals surface area contributed by atoms with Crippen molar-refractivity contribution in [3.05, 3.63) is 0 Å². The molecular formula is CH5N5O2S. The third-order valence-electron chi connectivity index (χ3n) is 0.279. The lowest BCUT2D eigenvalue weighted by Gasteiger charge is -1.77. The number of hydrogen-bond acceptors (Lipinski definition) is 4. The van der Waals surface area contributed by atoms with Gasteiger partial charge >= 0.3 is 10.2 Å². The predicted octanol–water partition coefficient (Wildman–Crippen LogP) is -1.46. The van der Waals surface area contributed by atoms with Crippen molar-refractivity contribution in [2.75, 3.05) is 0 Å². The minimum Gasteiger partial charge on any atom is -0.322 e. The Balaban J connectivity index is 4.03. The SMILES string of the molecule is NN=CN=NS(N)(=O)=O. The van der Waals surface area contributed by atoms with Crippen molar-refractivity contribution in [1.29, 1.82) is 0 Å². The Labute approximate surface area is 51.6 Å². The van der Waals surface area contributed by atoms with E-state index in [1.165, 1.54) is 0 Å². The smallest absolute Gasteiger partial charge is 0.322 e. The van der Waals surface area contributed by atoms with Crippen molar-refractivity contribution < 1.29 is 8.42 Å². The summed E-state index contributed by atoms with van der Waals surface area (Å²) in [5.41, 5.74) is 0. The van der Waals surface area contributed by atoms with Crippen LogP contribution in [0.25, 0.3) is 0 Å². The van der Waals surface area contributed by atoms with Crippen LogP contribution >= 0.6 is 0 Å². The lowest BCUT2D eigenvalue weighted by Crippen LogP contribution is -2.06. The van der Waals surface area contributed by atoms with Crippen molar-refractivity contribution >= 4 is 16.5 Å².